The van der Waals surface area contributed by atoms with Gasteiger partial charge in [-0.1, -0.05) is 25.4 Å². The van der Waals surface area contributed by atoms with E-state index in [1.54, 1.807) is 0 Å². The predicted molar refractivity (Wildman–Crippen MR) is 80.0 cm³/mol. The summed E-state index contributed by atoms with van der Waals surface area (Å²) in [5.74, 6) is 0. The molecule has 0 bridgehead atoms. The molecule has 2 unspecified atom stereocenters. The summed E-state index contributed by atoms with van der Waals surface area (Å²) >= 11 is 5.76. The van der Waals surface area contributed by atoms with E-state index in [2.05, 4.69) is 5.32 Å². The molecule has 2 atom stereocenters. The molecule has 0 spiro atoms. The molecule has 118 valence electrons. The van der Waals surface area contributed by atoms with Crippen LogP contribution in [0.5, 0.6) is 0 Å². The van der Waals surface area contributed by atoms with Crippen LogP contribution in [0.2, 0.25) is 5.02 Å². The van der Waals surface area contributed by atoms with Gasteiger partial charge >= 0.3 is 6.18 Å². The Hall–Kier alpha value is -0.940. The minimum absolute atomic E-state index is 0.0649. The Kier molecular flexibility index (Phi) is 5.04. The van der Waals surface area contributed by atoms with Gasteiger partial charge in [0.1, 0.15) is 0 Å². The van der Waals surface area contributed by atoms with Crippen molar-refractivity contribution >= 4 is 17.3 Å². The molecule has 1 saturated heterocycles. The lowest BCUT2D eigenvalue weighted by molar-refractivity contribution is -0.137. The molecule has 2 rings (SSSR count). The molecule has 1 aliphatic rings. The number of nitrogens with one attached hydrogen (secondary N) is 1. The molecule has 0 amide bonds. The van der Waals surface area contributed by atoms with E-state index in [0.29, 0.717) is 13.1 Å². The van der Waals surface area contributed by atoms with Crippen LogP contribution >= 0.6 is 11.6 Å². The number of nitrogens with zero attached hydrogens (tertiary/aromatic N) is 1. The third-order valence-electron chi connectivity index (χ3n) is 4.04. The predicted octanol–water partition coefficient (Wildman–Crippen LogP) is 4.33. The van der Waals surface area contributed by atoms with Crippen molar-refractivity contribution in [2.75, 3.05) is 18.0 Å². The Labute approximate surface area is 128 Å². The number of hydrogen-bond acceptors (Lipinski definition) is 2. The summed E-state index contributed by atoms with van der Waals surface area (Å²) in [6, 6.07) is 4.32. The van der Waals surface area contributed by atoms with Crippen molar-refractivity contribution in [2.24, 2.45) is 0 Å². The zero-order valence-corrected chi connectivity index (χ0v) is 12.9. The highest BCUT2D eigenvalue weighted by molar-refractivity contribution is 6.30. The maximum atomic E-state index is 13.3. The lowest BCUT2D eigenvalue weighted by atomic mass is 10.0. The molecule has 0 aromatic heterocycles. The highest BCUT2D eigenvalue weighted by Crippen LogP contribution is 2.39. The first-order valence-corrected chi connectivity index (χ1v) is 7.61. The van der Waals surface area contributed by atoms with Gasteiger partial charge in [-0.3, -0.25) is 0 Å². The molecule has 0 saturated carbocycles. The van der Waals surface area contributed by atoms with E-state index in [9.17, 15) is 13.2 Å². The first kappa shape index (κ1) is 16.4. The molecule has 21 heavy (non-hydrogen) atoms. The van der Waals surface area contributed by atoms with Crippen LogP contribution in [-0.4, -0.2) is 25.2 Å². The lowest BCUT2D eigenvalue weighted by Gasteiger charge is -2.42. The highest BCUT2D eigenvalue weighted by atomic mass is 35.5. The summed E-state index contributed by atoms with van der Waals surface area (Å²) in [6.07, 6.45) is -2.71. The van der Waals surface area contributed by atoms with E-state index in [-0.39, 0.29) is 22.8 Å². The summed E-state index contributed by atoms with van der Waals surface area (Å²) in [4.78, 5) is 1.88. The lowest BCUT2D eigenvalue weighted by Crippen LogP contribution is -2.56. The van der Waals surface area contributed by atoms with Gasteiger partial charge in [-0.15, -0.1) is 0 Å². The average molecular weight is 321 g/mol. The van der Waals surface area contributed by atoms with Gasteiger partial charge in [-0.2, -0.15) is 13.2 Å². The molecular formula is C15H20ClF3N2. The van der Waals surface area contributed by atoms with E-state index in [0.717, 1.165) is 18.9 Å². The van der Waals surface area contributed by atoms with Gasteiger partial charge < -0.3 is 10.2 Å². The van der Waals surface area contributed by atoms with Gasteiger partial charge in [-0.05, 0) is 31.0 Å². The van der Waals surface area contributed by atoms with Gasteiger partial charge in [0, 0.05) is 35.9 Å². The van der Waals surface area contributed by atoms with Crippen LogP contribution in [0.3, 0.4) is 0 Å². The number of benzene rings is 1. The van der Waals surface area contributed by atoms with Gasteiger partial charge in [-0.25, -0.2) is 0 Å². The number of piperazine rings is 1. The smallest absolute Gasteiger partial charge is 0.365 e. The molecule has 6 heteroatoms. The van der Waals surface area contributed by atoms with Crippen LogP contribution in [0.15, 0.2) is 18.2 Å². The minimum atomic E-state index is -4.40. The van der Waals surface area contributed by atoms with Gasteiger partial charge in [0.05, 0.1) is 5.56 Å². The number of halogens is 4. The summed E-state index contributed by atoms with van der Waals surface area (Å²) in [6.45, 7) is 5.32. The van der Waals surface area contributed by atoms with Crippen LogP contribution in [0.1, 0.15) is 32.3 Å². The van der Waals surface area contributed by atoms with Crippen molar-refractivity contribution < 1.29 is 13.2 Å². The van der Waals surface area contributed by atoms with Gasteiger partial charge in [0.15, 0.2) is 0 Å². The van der Waals surface area contributed by atoms with Gasteiger partial charge in [0.25, 0.3) is 0 Å². The standard InChI is InChI=1S/C15H20ClF3N2/c1-3-11-9-21(12(4-2)8-20-11)14-6-5-10(16)7-13(14)15(17,18)19/h5-7,11-12,20H,3-4,8-9H2,1-2H3. The molecule has 1 aliphatic heterocycles. The quantitative estimate of drug-likeness (QED) is 0.892. The van der Waals surface area contributed by atoms with Crippen LogP contribution < -0.4 is 10.2 Å². The van der Waals surface area contributed by atoms with E-state index in [4.69, 9.17) is 11.6 Å². The number of hydrogen-bond donors (Lipinski definition) is 1. The first-order chi connectivity index (χ1) is 9.86. The van der Waals surface area contributed by atoms with E-state index < -0.39 is 11.7 Å². The fraction of sp³-hybridized carbons (Fsp3) is 0.600. The second-order valence-electron chi connectivity index (χ2n) is 5.39. The average Bonchev–Trinajstić information content (AvgIpc) is 2.45. The molecule has 1 aromatic carbocycles. The van der Waals surface area contributed by atoms with Crippen LogP contribution in [0.4, 0.5) is 18.9 Å². The second-order valence-corrected chi connectivity index (χ2v) is 5.82. The molecule has 1 heterocycles. The zero-order chi connectivity index (χ0) is 15.6. The van der Waals surface area contributed by atoms with Crippen molar-refractivity contribution in [3.63, 3.8) is 0 Å². The largest absolute Gasteiger partial charge is 0.418 e. The Balaban J connectivity index is 2.42. The fourth-order valence-electron chi connectivity index (χ4n) is 2.78. The monoisotopic (exact) mass is 320 g/mol. The minimum Gasteiger partial charge on any atom is -0.365 e. The molecule has 1 fully saturated rings. The maximum absolute atomic E-state index is 13.3. The highest BCUT2D eigenvalue weighted by Gasteiger charge is 2.37. The van der Waals surface area contributed by atoms with E-state index in [1.807, 2.05) is 18.7 Å². The van der Waals surface area contributed by atoms with Crippen LogP contribution in [-0.2, 0) is 6.18 Å². The normalized spacial score (nSPS) is 23.4. The second kappa shape index (κ2) is 6.44. The third-order valence-corrected chi connectivity index (χ3v) is 4.27. The zero-order valence-electron chi connectivity index (χ0n) is 12.2. The molecule has 2 nitrogen and oxygen atoms in total. The number of rotatable bonds is 3. The molecule has 0 radical (unpaired) electrons. The van der Waals surface area contributed by atoms with Crippen molar-refractivity contribution in [3.8, 4) is 0 Å². The Morgan fingerprint density at radius 1 is 1.29 bits per heavy atom. The topological polar surface area (TPSA) is 15.3 Å². The Bertz CT molecular complexity index is 490. The summed E-state index contributed by atoms with van der Waals surface area (Å²) in [7, 11) is 0. The maximum Gasteiger partial charge on any atom is 0.418 e. The first-order valence-electron chi connectivity index (χ1n) is 7.23. The number of anilines is 1. The summed E-state index contributed by atoms with van der Waals surface area (Å²) < 4.78 is 39.9. The summed E-state index contributed by atoms with van der Waals surface area (Å²) in [5.41, 5.74) is -0.413. The fourth-order valence-corrected chi connectivity index (χ4v) is 2.96. The molecule has 1 aromatic rings. The van der Waals surface area contributed by atoms with Gasteiger partial charge in [0.2, 0.25) is 0 Å². The van der Waals surface area contributed by atoms with Crippen molar-refractivity contribution in [3.05, 3.63) is 28.8 Å². The van der Waals surface area contributed by atoms with Crippen molar-refractivity contribution in [2.45, 2.75) is 44.9 Å². The SMILES string of the molecule is CCC1CN(c2ccc(Cl)cc2C(F)(F)F)C(CC)CN1. The number of alkyl halides is 3. The molecule has 1 N–H and O–H groups in total. The third kappa shape index (κ3) is 3.64. The van der Waals surface area contributed by atoms with Crippen LogP contribution in [0.25, 0.3) is 0 Å². The molecular weight excluding hydrogens is 301 g/mol. The van der Waals surface area contributed by atoms with Crippen molar-refractivity contribution in [1.82, 2.24) is 5.32 Å². The molecule has 0 aliphatic carbocycles. The van der Waals surface area contributed by atoms with E-state index in [1.165, 1.54) is 12.1 Å². The Morgan fingerprint density at radius 3 is 2.57 bits per heavy atom. The van der Waals surface area contributed by atoms with E-state index >= 15 is 0 Å². The van der Waals surface area contributed by atoms with Crippen molar-refractivity contribution in [1.29, 1.82) is 0 Å². The van der Waals surface area contributed by atoms with Crippen LogP contribution in [0, 0.1) is 0 Å². The summed E-state index contributed by atoms with van der Waals surface area (Å²) in [5, 5.41) is 3.50. The Morgan fingerprint density at radius 2 is 2.00 bits per heavy atom.